The predicted molar refractivity (Wildman–Crippen MR) is 70.6 cm³/mol. The van der Waals surface area contributed by atoms with Gasteiger partial charge in [0.15, 0.2) is 5.76 Å². The smallest absolute Gasteiger partial charge is 0.238 e. The van der Waals surface area contributed by atoms with E-state index in [0.717, 1.165) is 0 Å². The van der Waals surface area contributed by atoms with Crippen molar-refractivity contribution in [1.29, 1.82) is 0 Å². The van der Waals surface area contributed by atoms with E-state index in [9.17, 15) is 4.79 Å². The first-order chi connectivity index (χ1) is 8.13. The maximum absolute atomic E-state index is 12.0. The number of thiophene rings is 1. The topological polar surface area (TPSA) is 42.6 Å². The van der Waals surface area contributed by atoms with Gasteiger partial charge in [-0.25, -0.2) is 0 Å². The molecule has 86 valence electrons. The molecule has 0 aliphatic heterocycles. The first-order valence-corrected chi connectivity index (χ1v) is 5.86. The van der Waals surface area contributed by atoms with Crippen LogP contribution in [0.3, 0.4) is 0 Å². The van der Waals surface area contributed by atoms with E-state index in [4.69, 9.17) is 16.0 Å². The van der Waals surface area contributed by atoms with Gasteiger partial charge in [0.1, 0.15) is 0 Å². The maximum Gasteiger partial charge on any atom is 0.238 e. The summed E-state index contributed by atoms with van der Waals surface area (Å²) in [6, 6.07) is 4.90. The van der Waals surface area contributed by atoms with Gasteiger partial charge < -0.3 is 4.42 Å². The fraction of sp³-hybridized carbons (Fsp3) is 0. The first-order valence-electron chi connectivity index (χ1n) is 4.67. The Morgan fingerprint density at radius 3 is 2.76 bits per heavy atom. The van der Waals surface area contributed by atoms with E-state index in [2.05, 4.69) is 18.3 Å². The molecule has 2 aromatic rings. The normalized spacial score (nSPS) is 10.2. The Morgan fingerprint density at radius 2 is 2.29 bits per heavy atom. The summed E-state index contributed by atoms with van der Waals surface area (Å²) in [5.74, 6) is 0.0858. The third kappa shape index (κ3) is 2.23. The number of ketones is 1. The van der Waals surface area contributed by atoms with Crippen LogP contribution in [-0.4, -0.2) is 12.5 Å². The Labute approximate surface area is 107 Å². The molecule has 2 aromatic heterocycles. The fourth-order valence-corrected chi connectivity index (χ4v) is 2.47. The van der Waals surface area contributed by atoms with Crippen LogP contribution >= 0.6 is 22.9 Å². The van der Waals surface area contributed by atoms with Crippen molar-refractivity contribution >= 4 is 46.2 Å². The van der Waals surface area contributed by atoms with Crippen molar-refractivity contribution in [3.63, 3.8) is 0 Å². The lowest BCUT2D eigenvalue weighted by atomic mass is 10.2. The first kappa shape index (κ1) is 11.8. The monoisotopic (exact) mass is 265 g/mol. The third-order valence-electron chi connectivity index (χ3n) is 2.10. The Hall–Kier alpha value is -1.65. The van der Waals surface area contributed by atoms with Gasteiger partial charge in [-0.05, 0) is 24.9 Å². The van der Waals surface area contributed by atoms with Gasteiger partial charge in [-0.2, -0.15) is 0 Å². The molecule has 3 nitrogen and oxygen atoms in total. The lowest BCUT2D eigenvalue weighted by molar-refractivity contribution is 0.101. The second-order valence-electron chi connectivity index (χ2n) is 3.19. The van der Waals surface area contributed by atoms with Crippen LogP contribution in [0, 0.1) is 0 Å². The molecule has 0 fully saturated rings. The lowest BCUT2D eigenvalue weighted by Crippen LogP contribution is -1.95. The highest BCUT2D eigenvalue weighted by Gasteiger charge is 2.18. The average molecular weight is 266 g/mol. The molecule has 0 atom stereocenters. The fourth-order valence-electron chi connectivity index (χ4n) is 1.33. The molecule has 0 aliphatic rings. The largest absolute Gasteiger partial charge is 0.461 e. The number of aliphatic imine (C=N–C) groups is 1. The second kappa shape index (κ2) is 4.69. The standard InChI is InChI=1S/C12H8ClNO2S/c1-7(13)12-8(14-2)6-10(17-12)11(15)9-4-3-5-16-9/h3-6H,1-2H2. The molecule has 0 aliphatic carbocycles. The molecule has 0 unspecified atom stereocenters. The van der Waals surface area contributed by atoms with E-state index in [1.54, 1.807) is 18.2 Å². The molecule has 2 heterocycles. The minimum absolute atomic E-state index is 0.200. The van der Waals surface area contributed by atoms with Crippen molar-refractivity contribution in [1.82, 2.24) is 0 Å². The van der Waals surface area contributed by atoms with E-state index < -0.39 is 0 Å². The van der Waals surface area contributed by atoms with Crippen LogP contribution in [0.1, 0.15) is 20.3 Å². The molecule has 0 saturated heterocycles. The lowest BCUT2D eigenvalue weighted by Gasteiger charge is -1.92. The molecule has 0 aromatic carbocycles. The molecule has 5 heteroatoms. The molecule has 0 saturated carbocycles. The number of carbonyl (C=O) groups is 1. The van der Waals surface area contributed by atoms with Gasteiger partial charge in [0, 0.05) is 0 Å². The zero-order valence-electron chi connectivity index (χ0n) is 8.77. The molecule has 0 spiro atoms. The van der Waals surface area contributed by atoms with Crippen LogP contribution < -0.4 is 0 Å². The van der Waals surface area contributed by atoms with Crippen molar-refractivity contribution in [3.8, 4) is 0 Å². The summed E-state index contributed by atoms with van der Waals surface area (Å²) >= 11 is 7.05. The Balaban J connectivity index is 2.44. The zero-order chi connectivity index (χ0) is 12.4. The summed E-state index contributed by atoms with van der Waals surface area (Å²) in [4.78, 5) is 17.0. The van der Waals surface area contributed by atoms with E-state index in [0.29, 0.717) is 20.5 Å². The molecule has 0 radical (unpaired) electrons. The van der Waals surface area contributed by atoms with Gasteiger partial charge in [-0.1, -0.05) is 18.2 Å². The number of furan rings is 1. The van der Waals surface area contributed by atoms with Gasteiger partial charge in [0.2, 0.25) is 5.78 Å². The van der Waals surface area contributed by atoms with Crippen molar-refractivity contribution < 1.29 is 9.21 Å². The van der Waals surface area contributed by atoms with Crippen molar-refractivity contribution in [3.05, 3.63) is 46.6 Å². The Morgan fingerprint density at radius 1 is 1.53 bits per heavy atom. The Kier molecular flexibility index (Phi) is 3.26. The summed E-state index contributed by atoms with van der Waals surface area (Å²) < 4.78 is 5.05. The molecule has 2 rings (SSSR count). The number of nitrogens with zero attached hydrogens (tertiary/aromatic N) is 1. The summed E-state index contributed by atoms with van der Waals surface area (Å²) in [6.45, 7) is 7.05. The highest BCUT2D eigenvalue weighted by atomic mass is 35.5. The van der Waals surface area contributed by atoms with Crippen LogP contribution in [-0.2, 0) is 0 Å². The second-order valence-corrected chi connectivity index (χ2v) is 4.70. The van der Waals surface area contributed by atoms with E-state index in [1.165, 1.54) is 17.6 Å². The summed E-state index contributed by atoms with van der Waals surface area (Å²) in [5.41, 5.74) is 0.560. The number of hydrogen-bond donors (Lipinski definition) is 0. The highest BCUT2D eigenvalue weighted by Crippen LogP contribution is 2.36. The molecule has 17 heavy (non-hydrogen) atoms. The summed E-state index contributed by atoms with van der Waals surface area (Å²) in [5, 5.41) is 0.343. The van der Waals surface area contributed by atoms with Crippen LogP contribution in [0.2, 0.25) is 0 Å². The van der Waals surface area contributed by atoms with Crippen LogP contribution in [0.4, 0.5) is 5.69 Å². The molecule has 0 amide bonds. The van der Waals surface area contributed by atoms with Gasteiger partial charge in [0.25, 0.3) is 0 Å². The van der Waals surface area contributed by atoms with Crippen LogP contribution in [0.15, 0.2) is 40.5 Å². The minimum Gasteiger partial charge on any atom is -0.461 e. The molecule has 0 N–H and O–H groups in total. The average Bonchev–Trinajstić information content (AvgIpc) is 2.97. The quantitative estimate of drug-likeness (QED) is 0.617. The van der Waals surface area contributed by atoms with Gasteiger partial charge in [-0.3, -0.25) is 9.79 Å². The van der Waals surface area contributed by atoms with Crippen LogP contribution in [0.25, 0.3) is 5.03 Å². The van der Waals surface area contributed by atoms with Crippen molar-refractivity contribution in [2.24, 2.45) is 4.99 Å². The summed E-state index contributed by atoms with van der Waals surface area (Å²) in [6.07, 6.45) is 1.45. The van der Waals surface area contributed by atoms with Crippen LogP contribution in [0.5, 0.6) is 0 Å². The zero-order valence-corrected chi connectivity index (χ0v) is 10.3. The number of carbonyl (C=O) groups excluding carboxylic acids is 1. The number of hydrogen-bond acceptors (Lipinski definition) is 4. The number of rotatable bonds is 4. The van der Waals surface area contributed by atoms with Crippen molar-refractivity contribution in [2.75, 3.05) is 0 Å². The molecule has 0 bridgehead atoms. The van der Waals surface area contributed by atoms with Crippen molar-refractivity contribution in [2.45, 2.75) is 0 Å². The highest BCUT2D eigenvalue weighted by molar-refractivity contribution is 7.16. The van der Waals surface area contributed by atoms with E-state index >= 15 is 0 Å². The van der Waals surface area contributed by atoms with E-state index in [-0.39, 0.29) is 11.5 Å². The maximum atomic E-state index is 12.0. The summed E-state index contributed by atoms with van der Waals surface area (Å²) in [7, 11) is 0. The molecular formula is C12H8ClNO2S. The van der Waals surface area contributed by atoms with Gasteiger partial charge in [0.05, 0.1) is 26.7 Å². The van der Waals surface area contributed by atoms with E-state index in [1.807, 2.05) is 0 Å². The minimum atomic E-state index is -0.200. The predicted octanol–water partition coefficient (Wildman–Crippen LogP) is 4.11. The van der Waals surface area contributed by atoms with Gasteiger partial charge in [-0.15, -0.1) is 11.3 Å². The molecular weight excluding hydrogens is 258 g/mol. The number of halogens is 1. The SMILES string of the molecule is C=Nc1cc(C(=O)c2ccco2)sc1C(=C)Cl. The third-order valence-corrected chi connectivity index (χ3v) is 3.58. The Bertz CT molecular complexity index is 584. The van der Waals surface area contributed by atoms with Gasteiger partial charge >= 0.3 is 0 Å².